The summed E-state index contributed by atoms with van der Waals surface area (Å²) in [4.78, 5) is 14.6. The van der Waals surface area contributed by atoms with Gasteiger partial charge in [-0.2, -0.15) is 0 Å². The number of aryl methyl sites for hydroxylation is 1. The van der Waals surface area contributed by atoms with Gasteiger partial charge in [0.2, 0.25) is 0 Å². The Bertz CT molecular complexity index is 409. The highest BCUT2D eigenvalue weighted by molar-refractivity contribution is 5.95. The molecule has 1 aromatic carbocycles. The van der Waals surface area contributed by atoms with E-state index in [0.29, 0.717) is 6.04 Å². The summed E-state index contributed by atoms with van der Waals surface area (Å²) in [5.74, 6) is 0.0852. The third-order valence-corrected chi connectivity index (χ3v) is 3.70. The first kappa shape index (κ1) is 13.1. The van der Waals surface area contributed by atoms with Crippen molar-refractivity contribution in [2.45, 2.75) is 32.2 Å². The second-order valence-electron chi connectivity index (χ2n) is 5.06. The van der Waals surface area contributed by atoms with Crippen molar-refractivity contribution in [3.63, 3.8) is 0 Å². The summed E-state index contributed by atoms with van der Waals surface area (Å²) in [6, 6.07) is 8.21. The Morgan fingerprint density at radius 2 is 2.00 bits per heavy atom. The van der Waals surface area contributed by atoms with Gasteiger partial charge >= 0.3 is 0 Å². The van der Waals surface area contributed by atoms with Crippen molar-refractivity contribution in [1.29, 1.82) is 0 Å². The average Bonchev–Trinajstić information content (AvgIpc) is 2.41. The molecule has 1 aliphatic heterocycles. The summed E-state index contributed by atoms with van der Waals surface area (Å²) in [6.07, 6.45) is 3.00. The molecule has 0 unspecified atom stereocenters. The molecule has 1 aromatic rings. The Morgan fingerprint density at radius 1 is 1.33 bits per heavy atom. The number of carbonyl (C=O) groups excluding carboxylic acids is 1. The third kappa shape index (κ3) is 3.10. The zero-order valence-electron chi connectivity index (χ0n) is 11.3. The summed E-state index contributed by atoms with van der Waals surface area (Å²) < 4.78 is 0. The van der Waals surface area contributed by atoms with Crippen LogP contribution in [0, 0.1) is 0 Å². The minimum Gasteiger partial charge on any atom is -0.349 e. The summed E-state index contributed by atoms with van der Waals surface area (Å²) in [7, 11) is 2.13. The molecule has 0 aromatic heterocycles. The smallest absolute Gasteiger partial charge is 0.251 e. The van der Waals surface area contributed by atoms with Gasteiger partial charge in [0.05, 0.1) is 0 Å². The zero-order valence-corrected chi connectivity index (χ0v) is 11.3. The normalized spacial score (nSPS) is 17.7. The molecule has 0 bridgehead atoms. The lowest BCUT2D eigenvalue weighted by Gasteiger charge is -2.29. The molecule has 2 rings (SSSR count). The second-order valence-corrected chi connectivity index (χ2v) is 5.06. The molecule has 1 amide bonds. The standard InChI is InChI=1S/C15H22N2O/c1-3-12-6-4-5-7-14(12)15(18)16-13-8-10-17(2)11-9-13/h4-7,13H,3,8-11H2,1-2H3,(H,16,18). The van der Waals surface area contributed by atoms with Crippen LogP contribution in [-0.2, 0) is 6.42 Å². The molecule has 98 valence electrons. The Kier molecular flexibility index (Phi) is 4.37. The van der Waals surface area contributed by atoms with Gasteiger partial charge in [-0.25, -0.2) is 0 Å². The van der Waals surface area contributed by atoms with E-state index in [9.17, 15) is 4.79 Å². The van der Waals surface area contributed by atoms with Crippen LogP contribution in [-0.4, -0.2) is 37.0 Å². The van der Waals surface area contributed by atoms with E-state index in [2.05, 4.69) is 24.2 Å². The maximum Gasteiger partial charge on any atom is 0.251 e. The van der Waals surface area contributed by atoms with Gasteiger partial charge in [0.25, 0.3) is 5.91 Å². The number of hydrogen-bond acceptors (Lipinski definition) is 2. The van der Waals surface area contributed by atoms with E-state index in [-0.39, 0.29) is 5.91 Å². The van der Waals surface area contributed by atoms with Crippen LogP contribution in [0.2, 0.25) is 0 Å². The van der Waals surface area contributed by atoms with E-state index < -0.39 is 0 Å². The number of likely N-dealkylation sites (tertiary alicyclic amines) is 1. The van der Waals surface area contributed by atoms with Crippen LogP contribution < -0.4 is 5.32 Å². The lowest BCUT2D eigenvalue weighted by atomic mass is 10.0. The molecule has 0 radical (unpaired) electrons. The van der Waals surface area contributed by atoms with Crippen molar-refractivity contribution in [1.82, 2.24) is 10.2 Å². The molecule has 1 heterocycles. The van der Waals surface area contributed by atoms with Crippen LogP contribution in [0.25, 0.3) is 0 Å². The number of amides is 1. The fourth-order valence-electron chi connectivity index (χ4n) is 2.47. The number of hydrogen-bond donors (Lipinski definition) is 1. The first-order valence-electron chi connectivity index (χ1n) is 6.78. The van der Waals surface area contributed by atoms with Crippen LogP contribution in [0.15, 0.2) is 24.3 Å². The summed E-state index contributed by atoms with van der Waals surface area (Å²) in [5.41, 5.74) is 1.96. The van der Waals surface area contributed by atoms with Crippen LogP contribution >= 0.6 is 0 Å². The van der Waals surface area contributed by atoms with E-state index in [0.717, 1.165) is 43.5 Å². The molecule has 0 atom stereocenters. The zero-order chi connectivity index (χ0) is 13.0. The van der Waals surface area contributed by atoms with Gasteiger partial charge in [-0.1, -0.05) is 25.1 Å². The van der Waals surface area contributed by atoms with Crippen LogP contribution in [0.5, 0.6) is 0 Å². The molecular weight excluding hydrogens is 224 g/mol. The van der Waals surface area contributed by atoms with Crippen molar-refractivity contribution in [2.24, 2.45) is 0 Å². The number of rotatable bonds is 3. The first-order chi connectivity index (χ1) is 8.70. The molecule has 0 aliphatic carbocycles. The predicted molar refractivity (Wildman–Crippen MR) is 73.8 cm³/mol. The first-order valence-corrected chi connectivity index (χ1v) is 6.78. The minimum absolute atomic E-state index is 0.0852. The third-order valence-electron chi connectivity index (χ3n) is 3.70. The fourth-order valence-corrected chi connectivity index (χ4v) is 2.47. The van der Waals surface area contributed by atoms with Crippen molar-refractivity contribution < 1.29 is 4.79 Å². The van der Waals surface area contributed by atoms with Crippen LogP contribution in [0.1, 0.15) is 35.7 Å². The Morgan fingerprint density at radius 3 is 2.67 bits per heavy atom. The van der Waals surface area contributed by atoms with E-state index in [1.54, 1.807) is 0 Å². The maximum atomic E-state index is 12.2. The number of nitrogens with zero attached hydrogens (tertiary/aromatic N) is 1. The Labute approximate surface area is 109 Å². The number of carbonyl (C=O) groups is 1. The quantitative estimate of drug-likeness (QED) is 0.885. The maximum absolute atomic E-state index is 12.2. The van der Waals surface area contributed by atoms with Crippen molar-refractivity contribution >= 4 is 5.91 Å². The van der Waals surface area contributed by atoms with Crippen molar-refractivity contribution in [3.05, 3.63) is 35.4 Å². The van der Waals surface area contributed by atoms with Gasteiger partial charge in [0, 0.05) is 11.6 Å². The van der Waals surface area contributed by atoms with Gasteiger partial charge in [-0.15, -0.1) is 0 Å². The van der Waals surface area contributed by atoms with Crippen molar-refractivity contribution in [2.75, 3.05) is 20.1 Å². The highest BCUT2D eigenvalue weighted by atomic mass is 16.1. The Hall–Kier alpha value is -1.35. The highest BCUT2D eigenvalue weighted by Crippen LogP contribution is 2.12. The second kappa shape index (κ2) is 6.01. The number of benzene rings is 1. The highest BCUT2D eigenvalue weighted by Gasteiger charge is 2.19. The lowest BCUT2D eigenvalue weighted by Crippen LogP contribution is -2.43. The van der Waals surface area contributed by atoms with Crippen LogP contribution in [0.3, 0.4) is 0 Å². The van der Waals surface area contributed by atoms with Gasteiger partial charge in [0.15, 0.2) is 0 Å². The molecule has 3 nitrogen and oxygen atoms in total. The largest absolute Gasteiger partial charge is 0.349 e. The molecular formula is C15H22N2O. The summed E-state index contributed by atoms with van der Waals surface area (Å²) in [5, 5.41) is 3.16. The van der Waals surface area contributed by atoms with Gasteiger partial charge in [-0.05, 0) is 51.0 Å². The van der Waals surface area contributed by atoms with Gasteiger partial charge < -0.3 is 10.2 Å². The lowest BCUT2D eigenvalue weighted by molar-refractivity contribution is 0.0916. The molecule has 3 heteroatoms. The molecule has 1 saturated heterocycles. The average molecular weight is 246 g/mol. The molecule has 1 N–H and O–H groups in total. The monoisotopic (exact) mass is 246 g/mol. The van der Waals surface area contributed by atoms with Crippen LogP contribution in [0.4, 0.5) is 0 Å². The Balaban J connectivity index is 1.99. The van der Waals surface area contributed by atoms with Crippen molar-refractivity contribution in [3.8, 4) is 0 Å². The van der Waals surface area contributed by atoms with E-state index in [4.69, 9.17) is 0 Å². The number of nitrogens with one attached hydrogen (secondary N) is 1. The van der Waals surface area contributed by atoms with E-state index >= 15 is 0 Å². The minimum atomic E-state index is 0.0852. The summed E-state index contributed by atoms with van der Waals surface area (Å²) in [6.45, 7) is 4.22. The SMILES string of the molecule is CCc1ccccc1C(=O)NC1CCN(C)CC1. The molecule has 0 spiro atoms. The van der Waals surface area contributed by atoms with E-state index in [1.165, 1.54) is 0 Å². The topological polar surface area (TPSA) is 32.3 Å². The fraction of sp³-hybridized carbons (Fsp3) is 0.533. The summed E-state index contributed by atoms with van der Waals surface area (Å²) >= 11 is 0. The molecule has 1 aliphatic rings. The molecule has 0 saturated carbocycles. The molecule has 18 heavy (non-hydrogen) atoms. The van der Waals surface area contributed by atoms with Gasteiger partial charge in [0.1, 0.15) is 0 Å². The number of piperidine rings is 1. The van der Waals surface area contributed by atoms with E-state index in [1.807, 2.05) is 24.3 Å². The predicted octanol–water partition coefficient (Wildman–Crippen LogP) is 2.07. The van der Waals surface area contributed by atoms with Gasteiger partial charge in [-0.3, -0.25) is 4.79 Å². The molecule has 1 fully saturated rings.